The number of nitrogens with zero attached hydrogens (tertiary/aromatic N) is 2. The van der Waals surface area contributed by atoms with Gasteiger partial charge in [-0.2, -0.15) is 0 Å². The lowest BCUT2D eigenvalue weighted by Gasteiger charge is -2.12. The third kappa shape index (κ3) is 4.18. The van der Waals surface area contributed by atoms with Gasteiger partial charge in [0.25, 0.3) is 11.6 Å². The lowest BCUT2D eigenvalue weighted by atomic mass is 10.2. The molecule has 0 fully saturated rings. The fraction of sp³-hybridized carbons (Fsp3) is 0.455. The van der Waals surface area contributed by atoms with Crippen LogP contribution in [0.15, 0.2) is 12.3 Å². The highest BCUT2D eigenvalue weighted by molar-refractivity contribution is 5.98. The zero-order chi connectivity index (χ0) is 14.4. The Kier molecular flexibility index (Phi) is 5.19. The van der Waals surface area contributed by atoms with Crippen LogP contribution in [0.3, 0.4) is 0 Å². The van der Waals surface area contributed by atoms with Crippen LogP contribution in [-0.2, 0) is 4.74 Å². The molecule has 0 aromatic carbocycles. The van der Waals surface area contributed by atoms with Crippen molar-refractivity contribution in [1.29, 1.82) is 0 Å². The maximum atomic E-state index is 11.9. The van der Waals surface area contributed by atoms with Crippen molar-refractivity contribution in [3.63, 3.8) is 0 Å². The van der Waals surface area contributed by atoms with Gasteiger partial charge in [-0.15, -0.1) is 0 Å². The van der Waals surface area contributed by atoms with Crippen molar-refractivity contribution in [1.82, 2.24) is 10.3 Å². The number of nitrogens with two attached hydrogens (primary N) is 1. The second-order valence-electron chi connectivity index (χ2n) is 3.86. The predicted octanol–water partition coefficient (Wildman–Crippen LogP) is 0.727. The lowest BCUT2D eigenvalue weighted by molar-refractivity contribution is -0.385. The van der Waals surface area contributed by atoms with E-state index in [0.717, 1.165) is 6.20 Å². The quantitative estimate of drug-likeness (QED) is 0.579. The fourth-order valence-corrected chi connectivity index (χ4v) is 1.47. The molecule has 8 nitrogen and oxygen atoms in total. The number of pyridine rings is 1. The van der Waals surface area contributed by atoms with Crippen molar-refractivity contribution >= 4 is 17.4 Å². The molecule has 0 aliphatic heterocycles. The first-order valence-electron chi connectivity index (χ1n) is 5.75. The average molecular weight is 268 g/mol. The van der Waals surface area contributed by atoms with Gasteiger partial charge in [0.05, 0.1) is 11.0 Å². The number of carbonyl (C=O) groups excluding carboxylic acids is 1. The Bertz CT molecular complexity index is 478. The molecule has 0 radical (unpaired) electrons. The van der Waals surface area contributed by atoms with Crippen LogP contribution in [0.1, 0.15) is 24.2 Å². The largest absolute Gasteiger partial charge is 0.384 e. The molecular weight excluding hydrogens is 252 g/mol. The zero-order valence-corrected chi connectivity index (χ0v) is 10.8. The molecule has 0 aliphatic rings. The number of nitrogen functional groups attached to an aromatic ring is 1. The summed E-state index contributed by atoms with van der Waals surface area (Å²) in [5.74, 6) is -0.527. The molecule has 1 heterocycles. The highest BCUT2D eigenvalue weighted by atomic mass is 16.6. The van der Waals surface area contributed by atoms with E-state index in [0.29, 0.717) is 6.61 Å². The number of anilines is 1. The van der Waals surface area contributed by atoms with Crippen LogP contribution in [-0.4, -0.2) is 35.1 Å². The molecule has 1 unspecified atom stereocenters. The minimum atomic E-state index is -0.673. The Labute approximate surface area is 110 Å². The number of ether oxygens (including phenoxy) is 1. The molecule has 1 rings (SSSR count). The maximum Gasteiger partial charge on any atom is 0.300 e. The summed E-state index contributed by atoms with van der Waals surface area (Å²) < 4.78 is 5.24. The number of carbonyl (C=O) groups is 1. The summed E-state index contributed by atoms with van der Waals surface area (Å²) in [4.78, 5) is 25.6. The van der Waals surface area contributed by atoms with E-state index in [4.69, 9.17) is 10.5 Å². The maximum absolute atomic E-state index is 11.9. The number of nitro groups is 1. The molecule has 0 spiro atoms. The Hall–Kier alpha value is -2.22. The van der Waals surface area contributed by atoms with Crippen LogP contribution in [0.5, 0.6) is 0 Å². The minimum absolute atomic E-state index is 0.0496. The number of aromatic nitrogens is 1. The van der Waals surface area contributed by atoms with Crippen LogP contribution in [0.2, 0.25) is 0 Å². The number of hydrogen-bond donors (Lipinski definition) is 2. The summed E-state index contributed by atoms with van der Waals surface area (Å²) in [6.07, 6.45) is 0.795. The predicted molar refractivity (Wildman–Crippen MR) is 68.7 cm³/mol. The van der Waals surface area contributed by atoms with E-state index in [1.807, 2.05) is 6.92 Å². The van der Waals surface area contributed by atoms with Crippen LogP contribution in [0, 0.1) is 10.1 Å². The van der Waals surface area contributed by atoms with Crippen LogP contribution >= 0.6 is 0 Å². The van der Waals surface area contributed by atoms with Gasteiger partial charge in [-0.25, -0.2) is 4.98 Å². The molecular formula is C11H16N4O4. The fourth-order valence-electron chi connectivity index (χ4n) is 1.47. The smallest absolute Gasteiger partial charge is 0.300 e. The van der Waals surface area contributed by atoms with E-state index < -0.39 is 10.8 Å². The van der Waals surface area contributed by atoms with E-state index >= 15 is 0 Å². The Morgan fingerprint density at radius 3 is 2.95 bits per heavy atom. The molecule has 3 N–H and O–H groups in total. The van der Waals surface area contributed by atoms with Gasteiger partial charge >= 0.3 is 0 Å². The molecule has 1 aromatic heterocycles. The average Bonchev–Trinajstić information content (AvgIpc) is 2.35. The molecule has 0 saturated carbocycles. The van der Waals surface area contributed by atoms with Crippen molar-refractivity contribution in [2.24, 2.45) is 0 Å². The van der Waals surface area contributed by atoms with Crippen molar-refractivity contribution < 1.29 is 14.5 Å². The Balaban J connectivity index is 2.81. The molecule has 0 bridgehead atoms. The SMILES string of the molecule is CCOC(C)CNC(=O)c1cc(N)ncc1[N+](=O)[O-]. The first-order chi connectivity index (χ1) is 8.95. The molecule has 1 amide bonds. The first kappa shape index (κ1) is 14.8. The van der Waals surface area contributed by atoms with Crippen molar-refractivity contribution in [3.8, 4) is 0 Å². The number of hydrogen-bond acceptors (Lipinski definition) is 6. The molecule has 0 saturated heterocycles. The van der Waals surface area contributed by atoms with Gasteiger partial charge in [0.1, 0.15) is 17.6 Å². The number of nitrogens with one attached hydrogen (secondary N) is 1. The van der Waals surface area contributed by atoms with E-state index in [1.165, 1.54) is 6.07 Å². The van der Waals surface area contributed by atoms with Gasteiger partial charge in [0, 0.05) is 13.2 Å². The Morgan fingerprint density at radius 2 is 2.37 bits per heavy atom. The molecule has 104 valence electrons. The van der Waals surface area contributed by atoms with Crippen molar-refractivity contribution in [2.45, 2.75) is 20.0 Å². The van der Waals surface area contributed by atoms with Crippen LogP contribution < -0.4 is 11.1 Å². The van der Waals surface area contributed by atoms with E-state index in [-0.39, 0.29) is 29.7 Å². The summed E-state index contributed by atoms with van der Waals surface area (Å²) in [5, 5.41) is 13.4. The molecule has 0 aliphatic carbocycles. The highest BCUT2D eigenvalue weighted by Crippen LogP contribution is 2.18. The van der Waals surface area contributed by atoms with E-state index in [2.05, 4.69) is 10.3 Å². The summed E-state index contributed by atoms with van der Waals surface area (Å²) in [5.41, 5.74) is 4.94. The molecule has 19 heavy (non-hydrogen) atoms. The van der Waals surface area contributed by atoms with Gasteiger partial charge in [-0.1, -0.05) is 0 Å². The van der Waals surface area contributed by atoms with Gasteiger partial charge in [0.15, 0.2) is 0 Å². The third-order valence-electron chi connectivity index (χ3n) is 2.35. The highest BCUT2D eigenvalue weighted by Gasteiger charge is 2.21. The van der Waals surface area contributed by atoms with Crippen molar-refractivity contribution in [2.75, 3.05) is 18.9 Å². The summed E-state index contributed by atoms with van der Waals surface area (Å²) in [7, 11) is 0. The van der Waals surface area contributed by atoms with Gasteiger partial charge in [-0.05, 0) is 19.9 Å². The van der Waals surface area contributed by atoms with Gasteiger partial charge in [0.2, 0.25) is 0 Å². The standard InChI is InChI=1S/C11H16N4O4/c1-3-19-7(2)5-14-11(16)8-4-10(12)13-6-9(8)15(17)18/h4,6-7H,3,5H2,1-2H3,(H2,12,13)(H,14,16). The molecule has 1 aromatic rings. The normalized spacial score (nSPS) is 11.9. The Morgan fingerprint density at radius 1 is 1.68 bits per heavy atom. The number of amides is 1. The van der Waals surface area contributed by atoms with Crippen LogP contribution in [0.25, 0.3) is 0 Å². The van der Waals surface area contributed by atoms with E-state index in [1.54, 1.807) is 6.92 Å². The summed E-state index contributed by atoms with van der Waals surface area (Å²) >= 11 is 0. The molecule has 1 atom stereocenters. The van der Waals surface area contributed by atoms with Gasteiger partial charge in [-0.3, -0.25) is 14.9 Å². The zero-order valence-electron chi connectivity index (χ0n) is 10.8. The van der Waals surface area contributed by atoms with E-state index in [9.17, 15) is 14.9 Å². The summed E-state index contributed by atoms with van der Waals surface area (Å²) in [6.45, 7) is 4.41. The number of rotatable bonds is 6. The first-order valence-corrected chi connectivity index (χ1v) is 5.75. The minimum Gasteiger partial charge on any atom is -0.384 e. The summed E-state index contributed by atoms with van der Waals surface area (Å²) in [6, 6.07) is 1.18. The molecule has 8 heteroatoms. The topological polar surface area (TPSA) is 120 Å². The van der Waals surface area contributed by atoms with Crippen LogP contribution in [0.4, 0.5) is 11.5 Å². The van der Waals surface area contributed by atoms with Crippen molar-refractivity contribution in [3.05, 3.63) is 27.9 Å². The van der Waals surface area contributed by atoms with Gasteiger partial charge < -0.3 is 15.8 Å². The monoisotopic (exact) mass is 268 g/mol. The lowest BCUT2D eigenvalue weighted by Crippen LogP contribution is -2.32. The third-order valence-corrected chi connectivity index (χ3v) is 2.35. The second kappa shape index (κ2) is 6.64. The second-order valence-corrected chi connectivity index (χ2v) is 3.86.